The van der Waals surface area contributed by atoms with Gasteiger partial charge in [0.15, 0.2) is 0 Å². The molecule has 0 unspecified atom stereocenters. The molecule has 6 nitrogen and oxygen atoms in total. The number of sulfonamides is 1. The molecule has 1 rings (SSSR count). The van der Waals surface area contributed by atoms with E-state index in [9.17, 15) is 13.2 Å². The summed E-state index contributed by atoms with van der Waals surface area (Å²) in [6.45, 7) is 0.375. The highest BCUT2D eigenvalue weighted by atomic mass is 32.2. The molecule has 102 valence electrons. The maximum atomic E-state index is 11.8. The number of thiophene rings is 1. The molecular formula is C10H15NO5S2. The molecule has 0 aliphatic rings. The van der Waals surface area contributed by atoms with Crippen LogP contribution in [0, 0.1) is 0 Å². The first-order chi connectivity index (χ1) is 8.47. The highest BCUT2D eigenvalue weighted by Gasteiger charge is 2.17. The topological polar surface area (TPSA) is 104 Å². The summed E-state index contributed by atoms with van der Waals surface area (Å²) in [7, 11) is -3.63. The monoisotopic (exact) mass is 293 g/mol. The van der Waals surface area contributed by atoms with Crippen LogP contribution < -0.4 is 4.72 Å². The van der Waals surface area contributed by atoms with Gasteiger partial charge in [-0.25, -0.2) is 17.9 Å². The molecule has 0 amide bonds. The highest BCUT2D eigenvalue weighted by Crippen LogP contribution is 2.19. The first-order valence-electron chi connectivity index (χ1n) is 5.39. The van der Waals surface area contributed by atoms with E-state index in [4.69, 9.17) is 10.2 Å². The number of carboxylic acid groups (broad SMARTS) is 1. The van der Waals surface area contributed by atoms with Crippen molar-refractivity contribution in [3.8, 4) is 0 Å². The Labute approximate surface area is 109 Å². The van der Waals surface area contributed by atoms with Crippen LogP contribution in [0.3, 0.4) is 0 Å². The normalized spacial score (nSPS) is 11.6. The second-order valence-electron chi connectivity index (χ2n) is 3.63. The molecule has 0 aliphatic heterocycles. The van der Waals surface area contributed by atoms with Gasteiger partial charge in [-0.05, 0) is 25.3 Å². The van der Waals surface area contributed by atoms with Crippen LogP contribution in [0.2, 0.25) is 0 Å². The zero-order chi connectivity index (χ0) is 13.6. The van der Waals surface area contributed by atoms with E-state index < -0.39 is 16.0 Å². The van der Waals surface area contributed by atoms with E-state index in [0.29, 0.717) is 12.8 Å². The Kier molecular flexibility index (Phi) is 5.73. The van der Waals surface area contributed by atoms with E-state index in [1.54, 1.807) is 0 Å². The van der Waals surface area contributed by atoms with Gasteiger partial charge >= 0.3 is 5.97 Å². The quantitative estimate of drug-likeness (QED) is 0.617. The van der Waals surface area contributed by atoms with Crippen molar-refractivity contribution in [1.82, 2.24) is 4.72 Å². The summed E-state index contributed by atoms with van der Waals surface area (Å²) in [6.07, 6.45) is 2.02. The van der Waals surface area contributed by atoms with Crippen molar-refractivity contribution in [2.75, 3.05) is 13.2 Å². The Morgan fingerprint density at radius 2 is 2.06 bits per heavy atom. The zero-order valence-corrected chi connectivity index (χ0v) is 11.3. The third kappa shape index (κ3) is 4.37. The lowest BCUT2D eigenvalue weighted by Gasteiger charge is -2.04. The fourth-order valence-corrected chi connectivity index (χ4v) is 3.46. The van der Waals surface area contributed by atoms with Crippen molar-refractivity contribution in [2.24, 2.45) is 0 Å². The maximum absolute atomic E-state index is 11.8. The fraction of sp³-hybridized carbons (Fsp3) is 0.500. The van der Waals surface area contributed by atoms with Crippen LogP contribution in [0.25, 0.3) is 0 Å². The van der Waals surface area contributed by atoms with E-state index in [1.807, 2.05) is 0 Å². The summed E-state index contributed by atoms with van der Waals surface area (Å²) in [5.74, 6) is -1.13. The third-order valence-electron chi connectivity index (χ3n) is 2.22. The Balaban J connectivity index is 2.54. The van der Waals surface area contributed by atoms with Gasteiger partial charge in [0, 0.05) is 18.5 Å². The molecule has 0 saturated heterocycles. The predicted octanol–water partition coefficient (Wildman–Crippen LogP) is 0.887. The first-order valence-corrected chi connectivity index (χ1v) is 7.76. The van der Waals surface area contributed by atoms with Crippen LogP contribution in [-0.4, -0.2) is 37.8 Å². The van der Waals surface area contributed by atoms with Gasteiger partial charge in [-0.1, -0.05) is 0 Å². The van der Waals surface area contributed by atoms with E-state index in [0.717, 1.165) is 23.8 Å². The summed E-state index contributed by atoms with van der Waals surface area (Å²) in [6, 6.07) is 1.14. The van der Waals surface area contributed by atoms with Crippen LogP contribution in [0.4, 0.5) is 0 Å². The van der Waals surface area contributed by atoms with Gasteiger partial charge < -0.3 is 10.2 Å². The van der Waals surface area contributed by atoms with E-state index in [2.05, 4.69) is 4.72 Å². The SMILES string of the molecule is O=C(O)c1cc(S(=O)(=O)NCCCCCO)cs1. The molecule has 3 N–H and O–H groups in total. The Hall–Kier alpha value is -0.960. The minimum absolute atomic E-state index is 0.00402. The summed E-state index contributed by atoms with van der Waals surface area (Å²) in [4.78, 5) is 10.6. The van der Waals surface area contributed by atoms with E-state index in [1.165, 1.54) is 5.38 Å². The molecule has 0 radical (unpaired) electrons. The number of hydrogen-bond acceptors (Lipinski definition) is 5. The molecule has 1 aromatic rings. The molecule has 0 bridgehead atoms. The first kappa shape index (κ1) is 15.1. The van der Waals surface area contributed by atoms with Gasteiger partial charge in [0.2, 0.25) is 10.0 Å². The number of nitrogens with one attached hydrogen (secondary N) is 1. The van der Waals surface area contributed by atoms with Crippen LogP contribution in [-0.2, 0) is 10.0 Å². The molecule has 1 aromatic heterocycles. The lowest BCUT2D eigenvalue weighted by molar-refractivity contribution is 0.0702. The molecule has 8 heteroatoms. The Morgan fingerprint density at radius 1 is 1.33 bits per heavy atom. The maximum Gasteiger partial charge on any atom is 0.345 e. The number of carboxylic acids is 1. The number of rotatable bonds is 8. The molecule has 0 saturated carbocycles. The van der Waals surface area contributed by atoms with Gasteiger partial charge in [0.25, 0.3) is 0 Å². The summed E-state index contributed by atoms with van der Waals surface area (Å²) < 4.78 is 25.9. The van der Waals surface area contributed by atoms with Gasteiger partial charge in [0.05, 0.1) is 4.90 Å². The van der Waals surface area contributed by atoms with Gasteiger partial charge in [-0.3, -0.25) is 0 Å². The van der Waals surface area contributed by atoms with Crippen molar-refractivity contribution in [2.45, 2.75) is 24.2 Å². The van der Waals surface area contributed by atoms with Gasteiger partial charge in [0.1, 0.15) is 4.88 Å². The van der Waals surface area contributed by atoms with Crippen LogP contribution >= 0.6 is 11.3 Å². The van der Waals surface area contributed by atoms with Crippen molar-refractivity contribution in [1.29, 1.82) is 0 Å². The van der Waals surface area contributed by atoms with Gasteiger partial charge in [-0.2, -0.15) is 0 Å². The number of carbonyl (C=O) groups is 1. The molecule has 18 heavy (non-hydrogen) atoms. The van der Waals surface area contributed by atoms with Crippen molar-refractivity contribution < 1.29 is 23.4 Å². The molecular weight excluding hydrogens is 278 g/mol. The molecule has 0 fully saturated rings. The fourth-order valence-electron chi connectivity index (χ4n) is 1.28. The molecule has 1 heterocycles. The molecule has 0 aromatic carbocycles. The number of unbranched alkanes of at least 4 members (excludes halogenated alkanes) is 2. The largest absolute Gasteiger partial charge is 0.477 e. The van der Waals surface area contributed by atoms with E-state index in [-0.39, 0.29) is 22.9 Å². The lowest BCUT2D eigenvalue weighted by Crippen LogP contribution is -2.24. The Bertz CT molecular complexity index is 494. The summed E-state index contributed by atoms with van der Waals surface area (Å²) >= 11 is 0.880. The smallest absolute Gasteiger partial charge is 0.345 e. The van der Waals surface area contributed by atoms with Crippen molar-refractivity contribution in [3.05, 3.63) is 16.3 Å². The van der Waals surface area contributed by atoms with Crippen LogP contribution in [0.1, 0.15) is 28.9 Å². The summed E-state index contributed by atoms with van der Waals surface area (Å²) in [5.41, 5.74) is 0. The Morgan fingerprint density at radius 3 is 2.61 bits per heavy atom. The van der Waals surface area contributed by atoms with Crippen molar-refractivity contribution in [3.63, 3.8) is 0 Å². The number of aliphatic hydroxyl groups excluding tert-OH is 1. The van der Waals surface area contributed by atoms with Crippen LogP contribution in [0.5, 0.6) is 0 Å². The third-order valence-corrected chi connectivity index (χ3v) is 4.73. The van der Waals surface area contributed by atoms with Crippen LogP contribution in [0.15, 0.2) is 16.3 Å². The van der Waals surface area contributed by atoms with Gasteiger partial charge in [-0.15, -0.1) is 11.3 Å². The zero-order valence-electron chi connectivity index (χ0n) is 9.63. The molecule has 0 atom stereocenters. The average molecular weight is 293 g/mol. The number of aromatic carboxylic acids is 1. The molecule has 0 aliphatic carbocycles. The lowest BCUT2D eigenvalue weighted by atomic mass is 10.2. The summed E-state index contributed by atoms with van der Waals surface area (Å²) in [5, 5.41) is 18.6. The standard InChI is InChI=1S/C10H15NO5S2/c12-5-3-1-2-4-11-18(15,16)8-6-9(10(13)14)17-7-8/h6-7,11-12H,1-5H2,(H,13,14). The number of aliphatic hydroxyl groups is 1. The number of hydrogen-bond donors (Lipinski definition) is 3. The average Bonchev–Trinajstić information content (AvgIpc) is 2.78. The second-order valence-corrected chi connectivity index (χ2v) is 6.31. The minimum Gasteiger partial charge on any atom is -0.477 e. The minimum atomic E-state index is -3.63. The predicted molar refractivity (Wildman–Crippen MR) is 67.4 cm³/mol. The molecule has 0 spiro atoms. The highest BCUT2D eigenvalue weighted by molar-refractivity contribution is 7.89. The second kappa shape index (κ2) is 6.83. The van der Waals surface area contributed by atoms with Crippen molar-refractivity contribution >= 4 is 27.3 Å². The van der Waals surface area contributed by atoms with E-state index >= 15 is 0 Å².